The van der Waals surface area contributed by atoms with E-state index < -0.39 is 18.0 Å². The maximum Gasteiger partial charge on any atom is 0.319 e. The Balaban J connectivity index is 2.08. The first kappa shape index (κ1) is 18.8. The molecule has 0 heterocycles. The van der Waals surface area contributed by atoms with Crippen LogP contribution in [0.15, 0.2) is 48.5 Å². The van der Waals surface area contributed by atoms with Crippen LogP contribution in [-0.2, 0) is 11.2 Å². The van der Waals surface area contributed by atoms with Gasteiger partial charge < -0.3 is 21.1 Å². The predicted octanol–water partition coefficient (Wildman–Crippen LogP) is 2.07. The van der Waals surface area contributed by atoms with E-state index >= 15 is 0 Å². The summed E-state index contributed by atoms with van der Waals surface area (Å²) in [4.78, 5) is 24.6. The molecule has 3 amide bonds. The van der Waals surface area contributed by atoms with Gasteiger partial charge in [-0.3, -0.25) is 4.79 Å². The molecule has 2 aromatic rings. The van der Waals surface area contributed by atoms with E-state index in [1.165, 1.54) is 12.1 Å². The van der Waals surface area contributed by atoms with Gasteiger partial charge in [0, 0.05) is 12.1 Å². The number of urea groups is 1. The zero-order valence-electron chi connectivity index (χ0n) is 14.3. The summed E-state index contributed by atoms with van der Waals surface area (Å²) in [5.74, 6) is -0.343. The first-order chi connectivity index (χ1) is 12.5. The number of benzene rings is 2. The van der Waals surface area contributed by atoms with Gasteiger partial charge in [-0.15, -0.1) is 0 Å². The third-order valence-electron chi connectivity index (χ3n) is 3.73. The number of nitrogens with zero attached hydrogens (tertiary/aromatic N) is 1. The minimum atomic E-state index is -0.864. The first-order valence-electron chi connectivity index (χ1n) is 8.05. The van der Waals surface area contributed by atoms with Crippen molar-refractivity contribution in [3.63, 3.8) is 0 Å². The Hall–Kier alpha value is -3.53. The highest BCUT2D eigenvalue weighted by atomic mass is 16.3. The molecule has 0 aromatic heterocycles. The van der Waals surface area contributed by atoms with E-state index in [4.69, 9.17) is 5.26 Å². The second kappa shape index (κ2) is 9.08. The van der Waals surface area contributed by atoms with Crippen LogP contribution in [-0.4, -0.2) is 29.6 Å². The van der Waals surface area contributed by atoms with Gasteiger partial charge in [0.25, 0.3) is 0 Å². The molecule has 0 radical (unpaired) electrons. The molecule has 0 saturated carbocycles. The van der Waals surface area contributed by atoms with Crippen LogP contribution in [0.1, 0.15) is 11.1 Å². The SMILES string of the molecule is Cc1ccccc1NC(=O)NC(Cc1ccc(O)cc1)C(=O)NCC#N. The number of carbonyl (C=O) groups is 2. The molecule has 0 bridgehead atoms. The Kier molecular flexibility index (Phi) is 6.57. The summed E-state index contributed by atoms with van der Waals surface area (Å²) in [5, 5.41) is 25.8. The lowest BCUT2D eigenvalue weighted by Crippen LogP contribution is -2.49. The number of aryl methyl sites for hydroxylation is 1. The van der Waals surface area contributed by atoms with E-state index in [0.29, 0.717) is 5.69 Å². The number of nitrogens with one attached hydrogen (secondary N) is 3. The van der Waals surface area contributed by atoms with Crippen molar-refractivity contribution in [3.05, 3.63) is 59.7 Å². The van der Waals surface area contributed by atoms with Gasteiger partial charge in [-0.1, -0.05) is 30.3 Å². The maximum absolute atomic E-state index is 12.3. The zero-order chi connectivity index (χ0) is 18.9. The van der Waals surface area contributed by atoms with E-state index in [-0.39, 0.29) is 18.7 Å². The number of carbonyl (C=O) groups excluding carboxylic acids is 2. The van der Waals surface area contributed by atoms with Crippen LogP contribution < -0.4 is 16.0 Å². The van der Waals surface area contributed by atoms with Crippen LogP contribution in [0.4, 0.5) is 10.5 Å². The van der Waals surface area contributed by atoms with E-state index in [0.717, 1.165) is 11.1 Å². The summed E-state index contributed by atoms with van der Waals surface area (Å²) in [7, 11) is 0. The predicted molar refractivity (Wildman–Crippen MR) is 97.6 cm³/mol. The average Bonchev–Trinajstić information content (AvgIpc) is 2.63. The largest absolute Gasteiger partial charge is 0.508 e. The van der Waals surface area contributed by atoms with Gasteiger partial charge in [-0.25, -0.2) is 4.79 Å². The van der Waals surface area contributed by atoms with Crippen LogP contribution in [0, 0.1) is 18.3 Å². The fraction of sp³-hybridized carbons (Fsp3) is 0.211. The van der Waals surface area contributed by atoms with E-state index in [1.807, 2.05) is 25.1 Å². The molecule has 0 aliphatic rings. The van der Waals surface area contributed by atoms with E-state index in [9.17, 15) is 14.7 Å². The molecule has 0 aliphatic carbocycles. The van der Waals surface area contributed by atoms with Gasteiger partial charge in [0.2, 0.25) is 5.91 Å². The number of phenols is 1. The van der Waals surface area contributed by atoms with Crippen LogP contribution in [0.5, 0.6) is 5.75 Å². The van der Waals surface area contributed by atoms with Crippen LogP contribution in [0.25, 0.3) is 0 Å². The molecule has 26 heavy (non-hydrogen) atoms. The molecule has 7 nitrogen and oxygen atoms in total. The van der Waals surface area contributed by atoms with Gasteiger partial charge in [0.1, 0.15) is 18.3 Å². The monoisotopic (exact) mass is 352 g/mol. The van der Waals surface area contributed by atoms with Crippen molar-refractivity contribution >= 4 is 17.6 Å². The summed E-state index contributed by atoms with van der Waals surface area (Å²) >= 11 is 0. The fourth-order valence-electron chi connectivity index (χ4n) is 2.36. The number of amides is 3. The molecule has 7 heteroatoms. The highest BCUT2D eigenvalue weighted by Crippen LogP contribution is 2.14. The molecule has 2 aromatic carbocycles. The summed E-state index contributed by atoms with van der Waals surface area (Å²) in [6, 6.07) is 14.1. The molecule has 0 fully saturated rings. The molecule has 1 atom stereocenters. The van der Waals surface area contributed by atoms with Crippen molar-refractivity contribution in [2.75, 3.05) is 11.9 Å². The minimum Gasteiger partial charge on any atom is -0.508 e. The number of para-hydroxylation sites is 1. The summed E-state index contributed by atoms with van der Waals surface area (Å²) in [5.41, 5.74) is 2.30. The van der Waals surface area contributed by atoms with Crippen LogP contribution >= 0.6 is 0 Å². The fourth-order valence-corrected chi connectivity index (χ4v) is 2.36. The van der Waals surface area contributed by atoms with E-state index in [1.54, 1.807) is 24.3 Å². The van der Waals surface area contributed by atoms with Crippen molar-refractivity contribution < 1.29 is 14.7 Å². The van der Waals surface area contributed by atoms with Crippen molar-refractivity contribution in [2.45, 2.75) is 19.4 Å². The minimum absolute atomic E-state index is 0.115. The van der Waals surface area contributed by atoms with Crippen molar-refractivity contribution in [2.24, 2.45) is 0 Å². The van der Waals surface area contributed by atoms with Gasteiger partial charge >= 0.3 is 6.03 Å². The van der Waals surface area contributed by atoms with Gasteiger partial charge in [0.05, 0.1) is 6.07 Å². The normalized spacial score (nSPS) is 11.1. The van der Waals surface area contributed by atoms with Crippen molar-refractivity contribution in [3.8, 4) is 11.8 Å². The van der Waals surface area contributed by atoms with Crippen molar-refractivity contribution in [1.82, 2.24) is 10.6 Å². The lowest BCUT2D eigenvalue weighted by atomic mass is 10.1. The molecule has 0 saturated heterocycles. The second-order valence-corrected chi connectivity index (χ2v) is 5.71. The molecule has 0 aliphatic heterocycles. The lowest BCUT2D eigenvalue weighted by Gasteiger charge is -2.19. The van der Waals surface area contributed by atoms with Gasteiger partial charge in [-0.05, 0) is 36.2 Å². The number of aromatic hydroxyl groups is 1. The second-order valence-electron chi connectivity index (χ2n) is 5.71. The highest BCUT2D eigenvalue weighted by molar-refractivity contribution is 5.94. The number of hydrogen-bond acceptors (Lipinski definition) is 4. The third kappa shape index (κ3) is 5.53. The summed E-state index contributed by atoms with van der Waals surface area (Å²) < 4.78 is 0. The molecule has 134 valence electrons. The van der Waals surface area contributed by atoms with Gasteiger partial charge in [0.15, 0.2) is 0 Å². The Morgan fingerprint density at radius 1 is 1.15 bits per heavy atom. The van der Waals surface area contributed by atoms with Crippen LogP contribution in [0.3, 0.4) is 0 Å². The first-order valence-corrected chi connectivity index (χ1v) is 8.05. The number of hydrogen-bond donors (Lipinski definition) is 4. The third-order valence-corrected chi connectivity index (χ3v) is 3.73. The average molecular weight is 352 g/mol. The summed E-state index contributed by atoms with van der Waals surface area (Å²) in [6.45, 7) is 1.72. The molecule has 4 N–H and O–H groups in total. The topological polar surface area (TPSA) is 114 Å². The number of rotatable bonds is 6. The lowest BCUT2D eigenvalue weighted by molar-refractivity contribution is -0.122. The standard InChI is InChI=1S/C19H20N4O3/c1-13-4-2-3-5-16(13)22-19(26)23-17(18(25)21-11-10-20)12-14-6-8-15(24)9-7-14/h2-9,17,24H,11-12H2,1H3,(H,21,25)(H2,22,23,26). The molecular weight excluding hydrogens is 332 g/mol. The molecule has 0 spiro atoms. The number of phenolic OH excluding ortho intramolecular Hbond substituents is 1. The molecule has 1 unspecified atom stereocenters. The quantitative estimate of drug-likeness (QED) is 0.596. The number of anilines is 1. The Labute approximate surface area is 151 Å². The van der Waals surface area contributed by atoms with Crippen molar-refractivity contribution in [1.29, 1.82) is 5.26 Å². The molecule has 2 rings (SSSR count). The zero-order valence-corrected chi connectivity index (χ0v) is 14.3. The summed E-state index contributed by atoms with van der Waals surface area (Å²) in [6.07, 6.45) is 0.221. The Morgan fingerprint density at radius 3 is 2.50 bits per heavy atom. The highest BCUT2D eigenvalue weighted by Gasteiger charge is 2.21. The molecular formula is C19H20N4O3. The smallest absolute Gasteiger partial charge is 0.319 e. The maximum atomic E-state index is 12.3. The van der Waals surface area contributed by atoms with Gasteiger partial charge in [-0.2, -0.15) is 5.26 Å². The number of nitriles is 1. The Bertz CT molecular complexity index is 812. The van der Waals surface area contributed by atoms with Crippen LogP contribution in [0.2, 0.25) is 0 Å². The van der Waals surface area contributed by atoms with E-state index in [2.05, 4.69) is 16.0 Å². The Morgan fingerprint density at radius 2 is 1.85 bits per heavy atom.